The number of nitrogens with one attached hydrogen (secondary N) is 1. The number of halogens is 1. The SMILES string of the molecule is CCC(CC)n1ccc(CNC(C)CBr)n1. The molecule has 0 aliphatic rings. The van der Waals surface area contributed by atoms with Gasteiger partial charge in [-0.1, -0.05) is 29.8 Å². The third kappa shape index (κ3) is 3.91. The Hall–Kier alpha value is -0.350. The molecule has 0 saturated carbocycles. The molecule has 1 N–H and O–H groups in total. The van der Waals surface area contributed by atoms with Crippen LogP contribution in [-0.2, 0) is 6.54 Å². The van der Waals surface area contributed by atoms with Gasteiger partial charge in [0.05, 0.1) is 11.7 Å². The molecule has 1 aromatic rings. The molecule has 1 heterocycles. The zero-order valence-corrected chi connectivity index (χ0v) is 12.0. The van der Waals surface area contributed by atoms with Crippen LogP contribution >= 0.6 is 15.9 Å². The quantitative estimate of drug-likeness (QED) is 0.781. The van der Waals surface area contributed by atoms with E-state index in [1.807, 2.05) is 0 Å². The summed E-state index contributed by atoms with van der Waals surface area (Å²) in [5, 5.41) is 8.98. The fraction of sp³-hybridized carbons (Fsp3) is 0.750. The number of hydrogen-bond donors (Lipinski definition) is 1. The normalized spacial score (nSPS) is 13.3. The standard InChI is InChI=1S/C12H22BrN3/c1-4-12(5-2)16-7-6-11(15-16)9-14-10(3)8-13/h6-7,10,12,14H,4-5,8-9H2,1-3H3. The largest absolute Gasteiger partial charge is 0.308 e. The van der Waals surface area contributed by atoms with Gasteiger partial charge >= 0.3 is 0 Å². The smallest absolute Gasteiger partial charge is 0.0762 e. The van der Waals surface area contributed by atoms with Crippen LogP contribution in [0.25, 0.3) is 0 Å². The Morgan fingerprint density at radius 3 is 2.69 bits per heavy atom. The summed E-state index contributed by atoms with van der Waals surface area (Å²) in [7, 11) is 0. The van der Waals surface area contributed by atoms with Gasteiger partial charge in [0.1, 0.15) is 0 Å². The molecule has 0 amide bonds. The summed E-state index contributed by atoms with van der Waals surface area (Å²) in [4.78, 5) is 0. The zero-order chi connectivity index (χ0) is 12.0. The zero-order valence-electron chi connectivity index (χ0n) is 10.4. The van der Waals surface area contributed by atoms with Gasteiger partial charge in [-0.15, -0.1) is 0 Å². The average molecular weight is 288 g/mol. The van der Waals surface area contributed by atoms with Crippen LogP contribution in [0.4, 0.5) is 0 Å². The predicted molar refractivity (Wildman–Crippen MR) is 71.9 cm³/mol. The molecule has 1 aromatic heterocycles. The molecule has 0 bridgehead atoms. The first-order valence-corrected chi connectivity index (χ1v) is 7.16. The fourth-order valence-corrected chi connectivity index (χ4v) is 1.90. The van der Waals surface area contributed by atoms with E-state index in [9.17, 15) is 0 Å². The molecule has 1 atom stereocenters. The van der Waals surface area contributed by atoms with E-state index in [0.29, 0.717) is 12.1 Å². The lowest BCUT2D eigenvalue weighted by Gasteiger charge is -2.12. The second kappa shape index (κ2) is 7.07. The third-order valence-corrected chi connectivity index (χ3v) is 3.81. The first-order chi connectivity index (χ1) is 7.71. The van der Waals surface area contributed by atoms with Gasteiger partial charge < -0.3 is 5.32 Å². The van der Waals surface area contributed by atoms with Crippen molar-refractivity contribution in [1.29, 1.82) is 0 Å². The van der Waals surface area contributed by atoms with Gasteiger partial charge in [-0.25, -0.2) is 0 Å². The van der Waals surface area contributed by atoms with Crippen LogP contribution in [-0.4, -0.2) is 21.2 Å². The molecule has 0 fully saturated rings. The molecular weight excluding hydrogens is 266 g/mol. The van der Waals surface area contributed by atoms with E-state index in [2.05, 4.69) is 64.1 Å². The summed E-state index contributed by atoms with van der Waals surface area (Å²) in [6, 6.07) is 3.13. The highest BCUT2D eigenvalue weighted by Crippen LogP contribution is 2.14. The van der Waals surface area contributed by atoms with Crippen LogP contribution in [0.2, 0.25) is 0 Å². The molecule has 1 unspecified atom stereocenters. The monoisotopic (exact) mass is 287 g/mol. The molecule has 0 saturated heterocycles. The molecule has 3 nitrogen and oxygen atoms in total. The Bertz CT molecular complexity index is 294. The lowest BCUT2D eigenvalue weighted by Crippen LogP contribution is -2.26. The highest BCUT2D eigenvalue weighted by molar-refractivity contribution is 9.09. The summed E-state index contributed by atoms with van der Waals surface area (Å²) in [5.41, 5.74) is 1.12. The Morgan fingerprint density at radius 2 is 2.12 bits per heavy atom. The van der Waals surface area contributed by atoms with Gasteiger partial charge in [0, 0.05) is 24.1 Å². The van der Waals surface area contributed by atoms with Gasteiger partial charge in [0.25, 0.3) is 0 Å². The van der Waals surface area contributed by atoms with Crippen LogP contribution in [0.3, 0.4) is 0 Å². The summed E-state index contributed by atoms with van der Waals surface area (Å²) in [5.74, 6) is 0. The van der Waals surface area contributed by atoms with Crippen LogP contribution < -0.4 is 5.32 Å². The van der Waals surface area contributed by atoms with Gasteiger partial charge in [0.15, 0.2) is 0 Å². The van der Waals surface area contributed by atoms with Gasteiger partial charge in [-0.3, -0.25) is 4.68 Å². The van der Waals surface area contributed by atoms with Crippen molar-refractivity contribution in [2.75, 3.05) is 5.33 Å². The van der Waals surface area contributed by atoms with Crippen molar-refractivity contribution in [2.24, 2.45) is 0 Å². The van der Waals surface area contributed by atoms with Crippen LogP contribution in [0.5, 0.6) is 0 Å². The van der Waals surface area contributed by atoms with E-state index in [1.165, 1.54) is 0 Å². The number of aromatic nitrogens is 2. The van der Waals surface area contributed by atoms with Crippen molar-refractivity contribution in [2.45, 2.75) is 52.2 Å². The average Bonchev–Trinajstić information content (AvgIpc) is 2.76. The maximum atomic E-state index is 4.60. The van der Waals surface area contributed by atoms with E-state index >= 15 is 0 Å². The number of alkyl halides is 1. The first kappa shape index (κ1) is 13.7. The fourth-order valence-electron chi connectivity index (χ4n) is 1.67. The Morgan fingerprint density at radius 1 is 1.44 bits per heavy atom. The van der Waals surface area contributed by atoms with E-state index < -0.39 is 0 Å². The molecule has 0 aliphatic carbocycles. The summed E-state index contributed by atoms with van der Waals surface area (Å²) >= 11 is 3.45. The molecule has 4 heteroatoms. The summed E-state index contributed by atoms with van der Waals surface area (Å²) in [6.07, 6.45) is 4.37. The van der Waals surface area contributed by atoms with Crippen molar-refractivity contribution in [1.82, 2.24) is 15.1 Å². The number of nitrogens with zero attached hydrogens (tertiary/aromatic N) is 2. The van der Waals surface area contributed by atoms with Gasteiger partial charge in [-0.2, -0.15) is 5.10 Å². The van der Waals surface area contributed by atoms with Crippen LogP contribution in [0, 0.1) is 0 Å². The minimum Gasteiger partial charge on any atom is -0.308 e. The topological polar surface area (TPSA) is 29.9 Å². The second-order valence-corrected chi connectivity index (χ2v) is 4.84. The molecule has 92 valence electrons. The molecule has 0 aromatic carbocycles. The highest BCUT2D eigenvalue weighted by atomic mass is 79.9. The maximum Gasteiger partial charge on any atom is 0.0762 e. The van der Waals surface area contributed by atoms with E-state index in [-0.39, 0.29) is 0 Å². The van der Waals surface area contributed by atoms with Gasteiger partial charge in [-0.05, 0) is 25.8 Å². The molecular formula is C12H22BrN3. The molecule has 0 spiro atoms. The number of hydrogen-bond acceptors (Lipinski definition) is 2. The molecule has 16 heavy (non-hydrogen) atoms. The highest BCUT2D eigenvalue weighted by Gasteiger charge is 2.08. The van der Waals surface area contributed by atoms with Crippen LogP contribution in [0.1, 0.15) is 45.3 Å². The van der Waals surface area contributed by atoms with E-state index in [4.69, 9.17) is 0 Å². The molecule has 1 rings (SSSR count). The third-order valence-electron chi connectivity index (χ3n) is 2.84. The van der Waals surface area contributed by atoms with Crippen molar-refractivity contribution in [3.8, 4) is 0 Å². The Balaban J connectivity index is 2.51. The summed E-state index contributed by atoms with van der Waals surface area (Å²) in [6.45, 7) is 7.42. The van der Waals surface area contributed by atoms with Gasteiger partial charge in [0.2, 0.25) is 0 Å². The first-order valence-electron chi connectivity index (χ1n) is 6.04. The van der Waals surface area contributed by atoms with E-state index in [1.54, 1.807) is 0 Å². The maximum absolute atomic E-state index is 4.60. The molecule has 0 radical (unpaired) electrons. The minimum atomic E-state index is 0.485. The van der Waals surface area contributed by atoms with Crippen molar-refractivity contribution < 1.29 is 0 Å². The second-order valence-electron chi connectivity index (χ2n) is 4.19. The number of rotatable bonds is 7. The predicted octanol–water partition coefficient (Wildman–Crippen LogP) is 3.12. The lowest BCUT2D eigenvalue weighted by molar-refractivity contribution is 0.423. The lowest BCUT2D eigenvalue weighted by atomic mass is 10.2. The van der Waals surface area contributed by atoms with E-state index in [0.717, 1.165) is 30.4 Å². The minimum absolute atomic E-state index is 0.485. The van der Waals surface area contributed by atoms with Crippen molar-refractivity contribution >= 4 is 15.9 Å². The molecule has 0 aliphatic heterocycles. The summed E-state index contributed by atoms with van der Waals surface area (Å²) < 4.78 is 2.09. The Kier molecular flexibility index (Phi) is 6.06. The van der Waals surface area contributed by atoms with Crippen molar-refractivity contribution in [3.05, 3.63) is 18.0 Å². The van der Waals surface area contributed by atoms with Crippen LogP contribution in [0.15, 0.2) is 12.3 Å². The Labute approximate surface area is 107 Å². The van der Waals surface area contributed by atoms with Crippen molar-refractivity contribution in [3.63, 3.8) is 0 Å².